The molecule has 0 saturated carbocycles. The molecule has 0 aromatic rings. The first-order valence-corrected chi connectivity index (χ1v) is 8.35. The minimum Gasteiger partial charge on any atom is -0.301 e. The van der Waals surface area contributed by atoms with Gasteiger partial charge in [0, 0.05) is 24.7 Å². The summed E-state index contributed by atoms with van der Waals surface area (Å²) in [4.78, 5) is 5.42. The number of likely N-dealkylation sites (tertiary alicyclic amines) is 2. The van der Waals surface area contributed by atoms with E-state index in [1.165, 1.54) is 38.9 Å². The van der Waals surface area contributed by atoms with E-state index in [4.69, 9.17) is 0 Å². The van der Waals surface area contributed by atoms with Gasteiger partial charge >= 0.3 is 0 Å². The molecule has 0 N–H and O–H groups in total. The van der Waals surface area contributed by atoms with Crippen molar-refractivity contribution in [2.24, 2.45) is 11.3 Å². The van der Waals surface area contributed by atoms with Crippen LogP contribution in [0.5, 0.6) is 0 Å². The van der Waals surface area contributed by atoms with Gasteiger partial charge in [-0.3, -0.25) is 4.90 Å². The topological polar surface area (TPSA) is 6.48 Å². The Morgan fingerprint density at radius 3 is 2.00 bits per heavy atom. The van der Waals surface area contributed by atoms with Gasteiger partial charge in [0.1, 0.15) is 0 Å². The highest BCUT2D eigenvalue weighted by Crippen LogP contribution is 2.46. The summed E-state index contributed by atoms with van der Waals surface area (Å²) in [5.41, 5.74) is 0.599. The van der Waals surface area contributed by atoms with Crippen molar-refractivity contribution in [3.05, 3.63) is 0 Å². The van der Waals surface area contributed by atoms with Gasteiger partial charge in [-0.15, -0.1) is 0 Å². The molecule has 2 nitrogen and oxygen atoms in total. The normalized spacial score (nSPS) is 33.5. The van der Waals surface area contributed by atoms with Gasteiger partial charge in [0.15, 0.2) is 0 Å². The van der Waals surface area contributed by atoms with Gasteiger partial charge in [0.05, 0.1) is 0 Å². The van der Waals surface area contributed by atoms with E-state index in [2.05, 4.69) is 51.3 Å². The Kier molecular flexibility index (Phi) is 4.62. The van der Waals surface area contributed by atoms with Crippen LogP contribution < -0.4 is 0 Å². The van der Waals surface area contributed by atoms with E-state index in [1.54, 1.807) is 0 Å². The molecule has 0 radical (unpaired) electrons. The summed E-state index contributed by atoms with van der Waals surface area (Å²) in [6, 6.07) is 2.18. The third kappa shape index (κ3) is 3.00. The second-order valence-corrected chi connectivity index (χ2v) is 7.74. The van der Waals surface area contributed by atoms with E-state index in [-0.39, 0.29) is 0 Å². The summed E-state index contributed by atoms with van der Waals surface area (Å²) in [5.74, 6) is 0.895. The molecule has 2 aliphatic heterocycles. The molecule has 2 fully saturated rings. The summed E-state index contributed by atoms with van der Waals surface area (Å²) >= 11 is 0. The third-order valence-electron chi connectivity index (χ3n) is 5.99. The van der Waals surface area contributed by atoms with Crippen LogP contribution in [-0.2, 0) is 0 Å². The summed E-state index contributed by atoms with van der Waals surface area (Å²) < 4.78 is 0. The molecule has 0 aromatic carbocycles. The molecule has 2 rings (SSSR count). The Morgan fingerprint density at radius 2 is 1.53 bits per heavy atom. The molecule has 0 aliphatic carbocycles. The smallest absolute Gasteiger partial charge is 0.00726 e. The van der Waals surface area contributed by atoms with Gasteiger partial charge < -0.3 is 4.90 Å². The van der Waals surface area contributed by atoms with Crippen LogP contribution in [0.4, 0.5) is 0 Å². The summed E-state index contributed by atoms with van der Waals surface area (Å²) in [6.07, 6.45) is 4.20. The van der Waals surface area contributed by atoms with Crippen LogP contribution in [0.1, 0.15) is 60.8 Å². The van der Waals surface area contributed by atoms with Crippen LogP contribution in [0.2, 0.25) is 0 Å². The Hall–Kier alpha value is -0.0800. The average Bonchev–Trinajstić information content (AvgIpc) is 2.34. The average molecular weight is 266 g/mol. The van der Waals surface area contributed by atoms with E-state index in [0.717, 1.165) is 18.0 Å². The lowest BCUT2D eigenvalue weighted by Gasteiger charge is -2.55. The number of hydrogen-bond donors (Lipinski definition) is 0. The van der Waals surface area contributed by atoms with E-state index >= 15 is 0 Å². The predicted molar refractivity (Wildman–Crippen MR) is 83.5 cm³/mol. The van der Waals surface area contributed by atoms with Crippen molar-refractivity contribution in [1.29, 1.82) is 0 Å². The highest BCUT2D eigenvalue weighted by molar-refractivity contribution is 4.98. The van der Waals surface area contributed by atoms with Crippen molar-refractivity contribution in [2.75, 3.05) is 19.6 Å². The van der Waals surface area contributed by atoms with Crippen LogP contribution in [0.25, 0.3) is 0 Å². The molecule has 2 saturated heterocycles. The standard InChI is InChI=1S/C17H34N2/c1-13(2)18-9-7-17(8-10-18)12-19(14(3)4)16(6)11-15(17)5/h13-16H,7-12H2,1-6H3. The first-order chi connectivity index (χ1) is 8.85. The SMILES string of the molecule is CC(C)N1CCC2(CC1)CN(C(C)C)C(C)CC2C. The lowest BCUT2D eigenvalue weighted by Crippen LogP contribution is -2.58. The van der Waals surface area contributed by atoms with Crippen LogP contribution in [0, 0.1) is 11.3 Å². The van der Waals surface area contributed by atoms with Crippen LogP contribution >= 0.6 is 0 Å². The zero-order valence-electron chi connectivity index (χ0n) is 13.9. The molecule has 2 aliphatic rings. The van der Waals surface area contributed by atoms with Crippen LogP contribution in [0.3, 0.4) is 0 Å². The van der Waals surface area contributed by atoms with Crippen molar-refractivity contribution in [2.45, 2.75) is 78.9 Å². The highest BCUT2D eigenvalue weighted by Gasteiger charge is 2.45. The van der Waals surface area contributed by atoms with Crippen molar-refractivity contribution in [3.8, 4) is 0 Å². The fourth-order valence-electron chi connectivity index (χ4n) is 4.40. The van der Waals surface area contributed by atoms with Crippen molar-refractivity contribution < 1.29 is 0 Å². The largest absolute Gasteiger partial charge is 0.301 e. The van der Waals surface area contributed by atoms with Gasteiger partial charge in [0.25, 0.3) is 0 Å². The molecule has 112 valence electrons. The first kappa shape index (κ1) is 15.3. The number of hydrogen-bond acceptors (Lipinski definition) is 2. The van der Waals surface area contributed by atoms with E-state index in [0.29, 0.717) is 11.5 Å². The van der Waals surface area contributed by atoms with E-state index in [1.807, 2.05) is 0 Å². The molecule has 0 aromatic heterocycles. The molecule has 0 amide bonds. The van der Waals surface area contributed by atoms with Crippen LogP contribution in [0.15, 0.2) is 0 Å². The Morgan fingerprint density at radius 1 is 0.947 bits per heavy atom. The quantitative estimate of drug-likeness (QED) is 0.753. The van der Waals surface area contributed by atoms with Crippen molar-refractivity contribution >= 4 is 0 Å². The second-order valence-electron chi connectivity index (χ2n) is 7.74. The molecule has 19 heavy (non-hydrogen) atoms. The highest BCUT2D eigenvalue weighted by atomic mass is 15.2. The fourth-order valence-corrected chi connectivity index (χ4v) is 4.40. The molecule has 2 heteroatoms. The number of nitrogens with zero attached hydrogens (tertiary/aromatic N) is 2. The maximum absolute atomic E-state index is 2.75. The van der Waals surface area contributed by atoms with Gasteiger partial charge in [-0.25, -0.2) is 0 Å². The Balaban J connectivity index is 2.06. The van der Waals surface area contributed by atoms with Gasteiger partial charge in [0.2, 0.25) is 0 Å². The lowest BCUT2D eigenvalue weighted by atomic mass is 9.64. The summed E-state index contributed by atoms with van der Waals surface area (Å²) in [5, 5.41) is 0. The monoisotopic (exact) mass is 266 g/mol. The molecule has 0 bridgehead atoms. The van der Waals surface area contributed by atoms with Crippen LogP contribution in [-0.4, -0.2) is 47.6 Å². The molecule has 1 spiro atoms. The molecule has 2 atom stereocenters. The number of rotatable bonds is 2. The number of piperidine rings is 2. The minimum atomic E-state index is 0.599. The van der Waals surface area contributed by atoms with E-state index < -0.39 is 0 Å². The third-order valence-corrected chi connectivity index (χ3v) is 5.99. The zero-order valence-corrected chi connectivity index (χ0v) is 13.9. The zero-order chi connectivity index (χ0) is 14.2. The van der Waals surface area contributed by atoms with E-state index in [9.17, 15) is 0 Å². The van der Waals surface area contributed by atoms with Crippen molar-refractivity contribution in [3.63, 3.8) is 0 Å². The van der Waals surface area contributed by atoms with Gasteiger partial charge in [-0.1, -0.05) is 6.92 Å². The van der Waals surface area contributed by atoms with Gasteiger partial charge in [-0.2, -0.15) is 0 Å². The fraction of sp³-hybridized carbons (Fsp3) is 1.00. The maximum Gasteiger partial charge on any atom is 0.00726 e. The Labute approximate surface area is 120 Å². The van der Waals surface area contributed by atoms with Gasteiger partial charge in [-0.05, 0) is 78.3 Å². The lowest BCUT2D eigenvalue weighted by molar-refractivity contribution is -0.0560. The molecular formula is C17H34N2. The van der Waals surface area contributed by atoms with Crippen molar-refractivity contribution in [1.82, 2.24) is 9.80 Å². The first-order valence-electron chi connectivity index (χ1n) is 8.35. The second kappa shape index (κ2) is 5.73. The predicted octanol–water partition coefficient (Wildman–Crippen LogP) is 3.62. The Bertz CT molecular complexity index is 290. The maximum atomic E-state index is 2.75. The molecule has 2 heterocycles. The summed E-state index contributed by atoms with van der Waals surface area (Å²) in [7, 11) is 0. The minimum absolute atomic E-state index is 0.599. The molecular weight excluding hydrogens is 232 g/mol. The summed E-state index contributed by atoms with van der Waals surface area (Å²) in [6.45, 7) is 18.3. The molecule has 2 unspecified atom stereocenters.